The summed E-state index contributed by atoms with van der Waals surface area (Å²) in [5, 5.41) is 0. The molecule has 1 aliphatic heterocycles. The summed E-state index contributed by atoms with van der Waals surface area (Å²) in [5.74, 6) is 2.94. The summed E-state index contributed by atoms with van der Waals surface area (Å²) in [6, 6.07) is 14.1. The van der Waals surface area contributed by atoms with E-state index in [9.17, 15) is 9.59 Å². The second-order valence-corrected chi connectivity index (χ2v) is 11.4. The molecule has 1 heterocycles. The van der Waals surface area contributed by atoms with Crippen molar-refractivity contribution in [2.75, 3.05) is 18.1 Å². The third kappa shape index (κ3) is 4.33. The van der Waals surface area contributed by atoms with Crippen molar-refractivity contribution in [3.63, 3.8) is 0 Å². The van der Waals surface area contributed by atoms with E-state index in [-0.39, 0.29) is 23.9 Å². The molecule has 0 N–H and O–H groups in total. The number of nitrogens with zero attached hydrogens (tertiary/aromatic N) is 1. The zero-order valence-electron chi connectivity index (χ0n) is 22.1. The fourth-order valence-corrected chi connectivity index (χ4v) is 6.54. The molecule has 2 aromatic carbocycles. The Bertz CT molecular complexity index is 1300. The second-order valence-electron chi connectivity index (χ2n) is 11.4. The fraction of sp³-hybridized carbons (Fsp3) is 0.438. The molecule has 5 heteroatoms. The highest BCUT2D eigenvalue weighted by Gasteiger charge is 2.54. The van der Waals surface area contributed by atoms with Crippen LogP contribution in [0.3, 0.4) is 0 Å². The molecule has 5 rings (SSSR count). The van der Waals surface area contributed by atoms with Crippen LogP contribution in [0.1, 0.15) is 68.7 Å². The van der Waals surface area contributed by atoms with Crippen LogP contribution in [0.2, 0.25) is 0 Å². The van der Waals surface area contributed by atoms with Gasteiger partial charge in [0.15, 0.2) is 6.10 Å². The minimum Gasteiger partial charge on any atom is -0.461 e. The number of carbonyl (C=O) groups excluding carboxylic acids is 2. The minimum absolute atomic E-state index is 0.0249. The number of aryl methyl sites for hydroxylation is 1. The molecule has 4 atom stereocenters. The number of esters is 1. The number of amides is 1. The van der Waals surface area contributed by atoms with Gasteiger partial charge in [0.05, 0.1) is 12.0 Å². The highest BCUT2D eigenvalue weighted by Crippen LogP contribution is 2.55. The molecule has 192 valence electrons. The quantitative estimate of drug-likeness (QED) is 0.283. The smallest absolute Gasteiger partial charge is 0.414 e. The number of benzene rings is 2. The van der Waals surface area contributed by atoms with E-state index < -0.39 is 17.6 Å². The van der Waals surface area contributed by atoms with E-state index in [0.717, 1.165) is 19.3 Å². The van der Waals surface area contributed by atoms with Crippen molar-refractivity contribution in [1.82, 2.24) is 0 Å². The molecule has 0 spiro atoms. The molecular formula is C32H35NO4. The van der Waals surface area contributed by atoms with Crippen LogP contribution in [0.5, 0.6) is 0 Å². The van der Waals surface area contributed by atoms with Crippen LogP contribution in [-0.4, -0.2) is 31.3 Å². The molecule has 1 amide bonds. The zero-order chi connectivity index (χ0) is 26.4. The first-order valence-corrected chi connectivity index (χ1v) is 13.2. The maximum absolute atomic E-state index is 13.6. The summed E-state index contributed by atoms with van der Waals surface area (Å²) in [5.41, 5.74) is 4.60. The van der Waals surface area contributed by atoms with Gasteiger partial charge >= 0.3 is 12.1 Å². The van der Waals surface area contributed by atoms with Gasteiger partial charge < -0.3 is 9.47 Å². The van der Waals surface area contributed by atoms with Gasteiger partial charge in [0.2, 0.25) is 0 Å². The fourth-order valence-electron chi connectivity index (χ4n) is 6.54. The van der Waals surface area contributed by atoms with Crippen LogP contribution in [-0.2, 0) is 26.1 Å². The van der Waals surface area contributed by atoms with Crippen LogP contribution in [0.15, 0.2) is 54.6 Å². The highest BCUT2D eigenvalue weighted by molar-refractivity contribution is 5.90. The van der Waals surface area contributed by atoms with E-state index in [1.165, 1.54) is 21.6 Å². The summed E-state index contributed by atoms with van der Waals surface area (Å²) in [7, 11) is 0. The molecule has 2 aliphatic carbocycles. The lowest BCUT2D eigenvalue weighted by Gasteiger charge is -2.51. The third-order valence-electron chi connectivity index (χ3n) is 8.65. The molecule has 3 aliphatic rings. The molecule has 0 bridgehead atoms. The van der Waals surface area contributed by atoms with E-state index in [2.05, 4.69) is 51.0 Å². The number of anilines is 1. The number of allylic oxidation sites excluding steroid dienone is 1. The molecule has 0 aromatic heterocycles. The maximum Gasteiger partial charge on any atom is 0.414 e. The van der Waals surface area contributed by atoms with Gasteiger partial charge in [-0.1, -0.05) is 63.1 Å². The van der Waals surface area contributed by atoms with Gasteiger partial charge in [0, 0.05) is 16.7 Å². The molecule has 1 fully saturated rings. The highest BCUT2D eigenvalue weighted by atomic mass is 16.6. The van der Waals surface area contributed by atoms with Gasteiger partial charge in [-0.3, -0.25) is 9.69 Å². The Hall–Kier alpha value is -3.52. The Morgan fingerprint density at radius 3 is 2.81 bits per heavy atom. The lowest BCUT2D eigenvalue weighted by Crippen LogP contribution is -2.51. The zero-order valence-corrected chi connectivity index (χ0v) is 22.1. The van der Waals surface area contributed by atoms with Crippen molar-refractivity contribution in [1.29, 1.82) is 0 Å². The van der Waals surface area contributed by atoms with E-state index in [4.69, 9.17) is 15.9 Å². The predicted molar refractivity (Wildman–Crippen MR) is 145 cm³/mol. The molecule has 5 nitrogen and oxygen atoms in total. The Morgan fingerprint density at radius 2 is 2.05 bits per heavy atom. The molecule has 37 heavy (non-hydrogen) atoms. The van der Waals surface area contributed by atoms with Crippen LogP contribution in [0.25, 0.3) is 0 Å². The summed E-state index contributed by atoms with van der Waals surface area (Å²) >= 11 is 0. The lowest BCUT2D eigenvalue weighted by molar-refractivity contribution is -0.160. The maximum atomic E-state index is 13.6. The van der Waals surface area contributed by atoms with Crippen molar-refractivity contribution < 1.29 is 19.1 Å². The summed E-state index contributed by atoms with van der Waals surface area (Å²) < 4.78 is 11.4. The Morgan fingerprint density at radius 1 is 1.24 bits per heavy atom. The van der Waals surface area contributed by atoms with E-state index in [0.29, 0.717) is 23.7 Å². The molecule has 0 saturated carbocycles. The number of ether oxygens (including phenoxy) is 2. The topological polar surface area (TPSA) is 55.8 Å². The molecule has 0 radical (unpaired) electrons. The van der Waals surface area contributed by atoms with Gasteiger partial charge in [-0.25, -0.2) is 4.79 Å². The van der Waals surface area contributed by atoms with Crippen molar-refractivity contribution in [3.05, 3.63) is 76.9 Å². The standard InChI is InChI=1S/C32H35NO4/c1-6-22-9-7-10-25(17-22)33-19-26(37-30(33)35)20-36-29(34)32(5)16-8-15-31(4)27-13-11-23(21(2)3)18-24(27)12-14-28(31)32/h1,7-11,13,16-18,21,26,28H,12,14-15,19-20H2,2-5H3/t26?,28?,31-,32-/m1/s1. The predicted octanol–water partition coefficient (Wildman–Crippen LogP) is 6.15. The molecule has 1 saturated heterocycles. The van der Waals surface area contributed by atoms with Crippen LogP contribution >= 0.6 is 0 Å². The van der Waals surface area contributed by atoms with E-state index in [1.54, 1.807) is 6.07 Å². The van der Waals surface area contributed by atoms with Crippen molar-refractivity contribution in [2.45, 2.75) is 64.4 Å². The SMILES string of the molecule is C#Cc1cccc(N2CC(COC(=O)[C@]3(C)C=CC[C@]4(C)c5ccc(C(C)C)cc5CCC34)OC2=O)c1. The normalized spacial score (nSPS) is 28.3. The third-order valence-corrected chi connectivity index (χ3v) is 8.65. The number of hydrogen-bond acceptors (Lipinski definition) is 4. The van der Waals surface area contributed by atoms with Crippen LogP contribution in [0, 0.1) is 23.7 Å². The number of fused-ring (bicyclic) bond motifs is 3. The number of cyclic esters (lactones) is 1. The first kappa shape index (κ1) is 25.1. The minimum atomic E-state index is -0.745. The van der Waals surface area contributed by atoms with Crippen molar-refractivity contribution in [2.24, 2.45) is 11.3 Å². The van der Waals surface area contributed by atoms with Gasteiger partial charge in [0.25, 0.3) is 0 Å². The number of hydrogen-bond donors (Lipinski definition) is 0. The Balaban J connectivity index is 1.29. The number of rotatable bonds is 5. The monoisotopic (exact) mass is 497 g/mol. The average molecular weight is 498 g/mol. The largest absolute Gasteiger partial charge is 0.461 e. The Kier molecular flexibility index (Phi) is 6.40. The van der Waals surface area contributed by atoms with E-state index in [1.807, 2.05) is 31.2 Å². The summed E-state index contributed by atoms with van der Waals surface area (Å²) in [4.78, 5) is 27.6. The number of carbonyl (C=O) groups is 2. The molecule has 2 aromatic rings. The van der Waals surface area contributed by atoms with Crippen molar-refractivity contribution >= 4 is 17.7 Å². The van der Waals surface area contributed by atoms with Gasteiger partial charge in [-0.2, -0.15) is 0 Å². The van der Waals surface area contributed by atoms with Gasteiger partial charge in [0.1, 0.15) is 6.61 Å². The summed E-state index contributed by atoms with van der Waals surface area (Å²) in [6.07, 6.45) is 11.5. The van der Waals surface area contributed by atoms with Crippen LogP contribution < -0.4 is 4.90 Å². The molecular weight excluding hydrogens is 462 g/mol. The summed E-state index contributed by atoms with van der Waals surface area (Å²) in [6.45, 7) is 9.07. The van der Waals surface area contributed by atoms with E-state index >= 15 is 0 Å². The van der Waals surface area contributed by atoms with Crippen molar-refractivity contribution in [3.8, 4) is 12.3 Å². The number of terminal acetylenes is 1. The molecule has 2 unspecified atom stereocenters. The second kappa shape index (κ2) is 9.41. The van der Waals surface area contributed by atoms with Crippen LogP contribution in [0.4, 0.5) is 10.5 Å². The van der Waals surface area contributed by atoms with Gasteiger partial charge in [-0.15, -0.1) is 6.42 Å². The first-order valence-electron chi connectivity index (χ1n) is 13.2. The first-order chi connectivity index (χ1) is 17.7. The lowest BCUT2D eigenvalue weighted by atomic mass is 9.52. The Labute approximate surface area is 219 Å². The van der Waals surface area contributed by atoms with Gasteiger partial charge in [-0.05, 0) is 72.9 Å². The average Bonchev–Trinajstić information content (AvgIpc) is 3.27.